The topological polar surface area (TPSA) is 18.5 Å². The highest BCUT2D eigenvalue weighted by Gasteiger charge is 2.05. The zero-order valence-corrected chi connectivity index (χ0v) is 8.68. The number of hydrogen-bond donors (Lipinski definition) is 0. The maximum atomic E-state index is 5.51. The summed E-state index contributed by atoms with van der Waals surface area (Å²) in [5, 5.41) is 0. The van der Waals surface area contributed by atoms with Crippen LogP contribution in [-0.2, 0) is 0 Å². The summed E-state index contributed by atoms with van der Waals surface area (Å²) in [5.74, 6) is 1.86. The molecule has 2 heteroatoms. The molecule has 0 aliphatic rings. The molecular formula is C11H16O2. The fraction of sp³-hybridized carbons (Fsp3) is 0.455. The van der Waals surface area contributed by atoms with Gasteiger partial charge in [-0.05, 0) is 44.0 Å². The van der Waals surface area contributed by atoms with Crippen LogP contribution in [0.4, 0.5) is 0 Å². The predicted molar refractivity (Wildman–Crippen MR) is 53.6 cm³/mol. The Kier molecular flexibility index (Phi) is 3.18. The minimum absolute atomic E-state index is 0.702. The van der Waals surface area contributed by atoms with E-state index in [1.54, 1.807) is 7.11 Å². The van der Waals surface area contributed by atoms with Gasteiger partial charge in [-0.2, -0.15) is 0 Å². The molecule has 0 N–H and O–H groups in total. The molecule has 0 fully saturated rings. The maximum Gasteiger partial charge on any atom is 0.125 e. The highest BCUT2D eigenvalue weighted by Crippen LogP contribution is 2.27. The minimum atomic E-state index is 0.702. The van der Waals surface area contributed by atoms with Crippen LogP contribution in [0, 0.1) is 13.8 Å². The van der Waals surface area contributed by atoms with E-state index >= 15 is 0 Å². The Hall–Kier alpha value is -1.18. The summed E-state index contributed by atoms with van der Waals surface area (Å²) in [6, 6.07) is 3.97. The van der Waals surface area contributed by atoms with Crippen molar-refractivity contribution in [3.63, 3.8) is 0 Å². The van der Waals surface area contributed by atoms with E-state index in [0.29, 0.717) is 6.61 Å². The Morgan fingerprint density at radius 1 is 1.15 bits per heavy atom. The van der Waals surface area contributed by atoms with Crippen molar-refractivity contribution in [3.8, 4) is 11.5 Å². The average molecular weight is 180 g/mol. The van der Waals surface area contributed by atoms with Crippen molar-refractivity contribution in [1.82, 2.24) is 0 Å². The van der Waals surface area contributed by atoms with Gasteiger partial charge in [0.05, 0.1) is 13.7 Å². The van der Waals surface area contributed by atoms with Crippen molar-refractivity contribution in [3.05, 3.63) is 23.3 Å². The van der Waals surface area contributed by atoms with E-state index < -0.39 is 0 Å². The largest absolute Gasteiger partial charge is 0.497 e. The molecule has 0 heterocycles. The fourth-order valence-electron chi connectivity index (χ4n) is 1.40. The molecule has 0 saturated heterocycles. The van der Waals surface area contributed by atoms with E-state index in [9.17, 15) is 0 Å². The molecule has 0 unspecified atom stereocenters. The quantitative estimate of drug-likeness (QED) is 0.712. The molecule has 2 nitrogen and oxygen atoms in total. The Morgan fingerprint density at radius 3 is 2.08 bits per heavy atom. The summed E-state index contributed by atoms with van der Waals surface area (Å²) in [6.45, 7) is 6.75. The van der Waals surface area contributed by atoms with Gasteiger partial charge in [-0.25, -0.2) is 0 Å². The number of rotatable bonds is 3. The Labute approximate surface area is 79.5 Å². The number of benzene rings is 1. The third-order valence-corrected chi connectivity index (χ3v) is 1.96. The van der Waals surface area contributed by atoms with Crippen molar-refractivity contribution in [1.29, 1.82) is 0 Å². The molecule has 1 aromatic carbocycles. The second kappa shape index (κ2) is 4.17. The molecule has 72 valence electrons. The smallest absolute Gasteiger partial charge is 0.125 e. The van der Waals surface area contributed by atoms with Gasteiger partial charge >= 0.3 is 0 Å². The van der Waals surface area contributed by atoms with Crippen LogP contribution >= 0.6 is 0 Å². The Morgan fingerprint density at radius 2 is 1.69 bits per heavy atom. The summed E-state index contributed by atoms with van der Waals surface area (Å²) in [7, 11) is 1.68. The molecule has 0 radical (unpaired) electrons. The van der Waals surface area contributed by atoms with Gasteiger partial charge < -0.3 is 9.47 Å². The number of ether oxygens (including phenoxy) is 2. The summed E-state index contributed by atoms with van der Waals surface area (Å²) in [4.78, 5) is 0. The zero-order valence-electron chi connectivity index (χ0n) is 8.68. The van der Waals surface area contributed by atoms with Crippen LogP contribution in [0.15, 0.2) is 12.1 Å². The molecule has 1 aromatic rings. The van der Waals surface area contributed by atoms with Crippen LogP contribution in [0.1, 0.15) is 18.1 Å². The van der Waals surface area contributed by atoms with Gasteiger partial charge in [-0.3, -0.25) is 0 Å². The molecule has 0 atom stereocenters. The number of hydrogen-bond acceptors (Lipinski definition) is 2. The summed E-state index contributed by atoms with van der Waals surface area (Å²) in [5.41, 5.74) is 2.25. The first-order chi connectivity index (χ1) is 6.19. The van der Waals surface area contributed by atoms with Crippen molar-refractivity contribution >= 4 is 0 Å². The van der Waals surface area contributed by atoms with E-state index in [4.69, 9.17) is 9.47 Å². The van der Waals surface area contributed by atoms with Crippen LogP contribution in [0.2, 0.25) is 0 Å². The Balaban J connectivity index is 3.07. The van der Waals surface area contributed by atoms with Crippen LogP contribution in [0.5, 0.6) is 11.5 Å². The maximum absolute atomic E-state index is 5.51. The first-order valence-electron chi connectivity index (χ1n) is 4.47. The van der Waals surface area contributed by atoms with Crippen LogP contribution in [0.3, 0.4) is 0 Å². The van der Waals surface area contributed by atoms with Crippen LogP contribution < -0.4 is 9.47 Å². The van der Waals surface area contributed by atoms with Crippen LogP contribution in [0.25, 0.3) is 0 Å². The van der Waals surface area contributed by atoms with E-state index in [1.165, 1.54) is 0 Å². The number of methoxy groups -OCH3 is 1. The minimum Gasteiger partial charge on any atom is -0.497 e. The molecule has 0 spiro atoms. The highest BCUT2D eigenvalue weighted by molar-refractivity contribution is 5.45. The van der Waals surface area contributed by atoms with Crippen molar-refractivity contribution in [2.45, 2.75) is 20.8 Å². The van der Waals surface area contributed by atoms with Crippen LogP contribution in [-0.4, -0.2) is 13.7 Å². The van der Waals surface area contributed by atoms with Gasteiger partial charge in [-0.15, -0.1) is 0 Å². The van der Waals surface area contributed by atoms with Crippen molar-refractivity contribution in [2.75, 3.05) is 13.7 Å². The lowest BCUT2D eigenvalue weighted by Crippen LogP contribution is -1.97. The number of aryl methyl sites for hydroxylation is 2. The van der Waals surface area contributed by atoms with Crippen molar-refractivity contribution in [2.24, 2.45) is 0 Å². The summed E-state index contributed by atoms with van der Waals surface area (Å²) in [6.07, 6.45) is 0. The van der Waals surface area contributed by atoms with Gasteiger partial charge in [0.15, 0.2) is 0 Å². The lowest BCUT2D eigenvalue weighted by Gasteiger charge is -2.11. The second-order valence-electron chi connectivity index (χ2n) is 3.02. The molecule has 0 bridgehead atoms. The first-order valence-corrected chi connectivity index (χ1v) is 4.47. The second-order valence-corrected chi connectivity index (χ2v) is 3.02. The molecule has 0 saturated carbocycles. The average Bonchev–Trinajstić information content (AvgIpc) is 2.11. The molecule has 0 amide bonds. The van der Waals surface area contributed by atoms with E-state index in [0.717, 1.165) is 22.6 Å². The highest BCUT2D eigenvalue weighted by atomic mass is 16.5. The molecular weight excluding hydrogens is 164 g/mol. The fourth-order valence-corrected chi connectivity index (χ4v) is 1.40. The Bertz CT molecular complexity index is 269. The normalized spacial score (nSPS) is 9.85. The van der Waals surface area contributed by atoms with E-state index in [1.807, 2.05) is 32.9 Å². The lowest BCUT2D eigenvalue weighted by atomic mass is 10.1. The van der Waals surface area contributed by atoms with Crippen molar-refractivity contribution < 1.29 is 9.47 Å². The van der Waals surface area contributed by atoms with Gasteiger partial charge in [0, 0.05) is 0 Å². The standard InChI is InChI=1S/C11H16O2/c1-5-13-11-8(2)6-10(12-4)7-9(11)3/h6-7H,5H2,1-4H3. The van der Waals surface area contributed by atoms with E-state index in [2.05, 4.69) is 0 Å². The molecule has 0 aliphatic heterocycles. The monoisotopic (exact) mass is 180 g/mol. The molecule has 1 rings (SSSR count). The molecule has 0 aromatic heterocycles. The third kappa shape index (κ3) is 2.14. The SMILES string of the molecule is CCOc1c(C)cc(OC)cc1C. The van der Waals surface area contributed by atoms with Gasteiger partial charge in [-0.1, -0.05) is 0 Å². The summed E-state index contributed by atoms with van der Waals surface area (Å²) >= 11 is 0. The molecule has 0 aliphatic carbocycles. The zero-order chi connectivity index (χ0) is 9.84. The lowest BCUT2D eigenvalue weighted by molar-refractivity contribution is 0.334. The van der Waals surface area contributed by atoms with E-state index in [-0.39, 0.29) is 0 Å². The first kappa shape index (κ1) is 9.90. The third-order valence-electron chi connectivity index (χ3n) is 1.96. The van der Waals surface area contributed by atoms with Gasteiger partial charge in [0.2, 0.25) is 0 Å². The predicted octanol–water partition coefficient (Wildman–Crippen LogP) is 2.71. The summed E-state index contributed by atoms with van der Waals surface area (Å²) < 4.78 is 10.7. The molecule has 13 heavy (non-hydrogen) atoms. The van der Waals surface area contributed by atoms with Gasteiger partial charge in [0.1, 0.15) is 11.5 Å². The van der Waals surface area contributed by atoms with Gasteiger partial charge in [0.25, 0.3) is 0 Å².